The Hall–Kier alpha value is -5.64. The van der Waals surface area contributed by atoms with E-state index in [0.717, 1.165) is 43.9 Å². The summed E-state index contributed by atoms with van der Waals surface area (Å²) in [5.41, 5.74) is 8.11. The van der Waals surface area contributed by atoms with Crippen LogP contribution in [0.5, 0.6) is 0 Å². The van der Waals surface area contributed by atoms with Gasteiger partial charge in [-0.2, -0.15) is 0 Å². The van der Waals surface area contributed by atoms with Gasteiger partial charge in [0.2, 0.25) is 17.7 Å². The van der Waals surface area contributed by atoms with E-state index in [9.17, 15) is 19.2 Å². The average molecular weight is 620 g/mol. The number of nitrogens with one attached hydrogen (secondary N) is 4. The molecule has 2 atom stereocenters. The van der Waals surface area contributed by atoms with Gasteiger partial charge in [-0.3, -0.25) is 14.4 Å². The van der Waals surface area contributed by atoms with Gasteiger partial charge in [-0.05, 0) is 47.4 Å². The number of rotatable bonds is 12. The van der Waals surface area contributed by atoms with Gasteiger partial charge >= 0.3 is 6.09 Å². The molecule has 46 heavy (non-hydrogen) atoms. The van der Waals surface area contributed by atoms with Gasteiger partial charge in [-0.15, -0.1) is 0 Å². The average Bonchev–Trinajstić information content (AvgIpc) is 3.46. The van der Waals surface area contributed by atoms with Gasteiger partial charge < -0.3 is 31.4 Å². The number of ether oxygens (including phenoxy) is 1. The highest BCUT2D eigenvalue weighted by atomic mass is 16.5. The molecule has 0 bridgehead atoms. The summed E-state index contributed by atoms with van der Waals surface area (Å²) >= 11 is 0. The van der Waals surface area contributed by atoms with E-state index in [1.54, 1.807) is 13.1 Å². The van der Waals surface area contributed by atoms with Crippen molar-refractivity contribution in [2.75, 3.05) is 6.54 Å². The van der Waals surface area contributed by atoms with Crippen molar-refractivity contribution in [3.8, 4) is 0 Å². The van der Waals surface area contributed by atoms with Gasteiger partial charge in [-0.1, -0.05) is 90.5 Å². The van der Waals surface area contributed by atoms with Crippen LogP contribution in [0.3, 0.4) is 0 Å². The van der Waals surface area contributed by atoms with Crippen molar-refractivity contribution in [1.29, 1.82) is 0 Å². The summed E-state index contributed by atoms with van der Waals surface area (Å²) in [5, 5.41) is 11.0. The van der Waals surface area contributed by atoms with Gasteiger partial charge in [0, 0.05) is 29.9 Å². The summed E-state index contributed by atoms with van der Waals surface area (Å²) in [4.78, 5) is 55.3. The van der Waals surface area contributed by atoms with Gasteiger partial charge in [0.15, 0.2) is 0 Å². The summed E-state index contributed by atoms with van der Waals surface area (Å²) in [7, 11) is 0. The number of aromatic amines is 1. The van der Waals surface area contributed by atoms with Crippen molar-refractivity contribution in [3.05, 3.63) is 119 Å². The predicted octanol–water partition coefficient (Wildman–Crippen LogP) is 4.19. The SMILES string of the molecule is Cc1ccc(CC(C)(NC(=O)[C@H](Cc2c[nH]c3ccccc23)NC(=O)OCc2cccc3ccccc23)C(=O)NCC(N)=O)cc1. The monoisotopic (exact) mass is 619 g/mol. The molecule has 236 valence electrons. The molecular weight excluding hydrogens is 582 g/mol. The van der Waals surface area contributed by atoms with E-state index in [2.05, 4.69) is 20.9 Å². The highest BCUT2D eigenvalue weighted by Gasteiger charge is 2.38. The number of alkyl carbamates (subject to hydrolysis) is 1. The zero-order chi connectivity index (χ0) is 32.7. The van der Waals surface area contributed by atoms with E-state index in [1.165, 1.54) is 0 Å². The predicted molar refractivity (Wildman–Crippen MR) is 177 cm³/mol. The standard InChI is InChI=1S/C36H37N5O5/c1-23-14-16-24(17-15-23)19-36(2,34(44)39-21-32(37)42)41-33(43)31(18-27-20-38-30-13-6-5-12-29(27)30)40-35(45)46-22-26-10-7-9-25-8-3-4-11-28(25)26/h3-17,20,31,38H,18-19,21-22H2,1-2H3,(H2,37,42)(H,39,44)(H,40,45)(H,41,43)/t31-,36?/m0/s1. The summed E-state index contributed by atoms with van der Waals surface area (Å²) in [5.74, 6) is -1.91. The van der Waals surface area contributed by atoms with Crippen LogP contribution in [0.15, 0.2) is 97.2 Å². The molecule has 5 aromatic rings. The Balaban J connectivity index is 1.39. The molecular formula is C36H37N5O5. The quantitative estimate of drug-likeness (QED) is 0.142. The number of para-hydroxylation sites is 1. The van der Waals surface area contributed by atoms with Crippen LogP contribution in [-0.4, -0.2) is 46.9 Å². The van der Waals surface area contributed by atoms with Gasteiger partial charge in [0.1, 0.15) is 18.2 Å². The summed E-state index contributed by atoms with van der Waals surface area (Å²) < 4.78 is 5.60. The maximum atomic E-state index is 14.0. The van der Waals surface area contributed by atoms with E-state index >= 15 is 0 Å². The number of nitrogens with two attached hydrogens (primary N) is 1. The Bertz CT molecular complexity index is 1880. The number of aromatic nitrogens is 1. The Morgan fingerprint density at radius 3 is 2.33 bits per heavy atom. The maximum Gasteiger partial charge on any atom is 0.408 e. The Morgan fingerprint density at radius 2 is 1.57 bits per heavy atom. The molecule has 10 nitrogen and oxygen atoms in total. The lowest BCUT2D eigenvalue weighted by molar-refractivity contribution is -0.134. The Morgan fingerprint density at radius 1 is 0.870 bits per heavy atom. The molecule has 0 spiro atoms. The minimum absolute atomic E-state index is 0.00469. The lowest BCUT2D eigenvalue weighted by Gasteiger charge is -2.31. The molecule has 0 saturated carbocycles. The number of carbonyl (C=O) groups is 4. The number of benzene rings is 4. The fourth-order valence-electron chi connectivity index (χ4n) is 5.49. The molecule has 0 radical (unpaired) electrons. The number of carbonyl (C=O) groups excluding carboxylic acids is 4. The molecule has 0 aliphatic heterocycles. The fourth-order valence-corrected chi connectivity index (χ4v) is 5.49. The number of amides is 4. The number of hydrogen-bond donors (Lipinski definition) is 5. The number of aryl methyl sites for hydroxylation is 1. The third-order valence-corrected chi connectivity index (χ3v) is 7.95. The second kappa shape index (κ2) is 14.0. The van der Waals surface area contributed by atoms with Crippen LogP contribution in [0.2, 0.25) is 0 Å². The van der Waals surface area contributed by atoms with Crippen LogP contribution in [0.1, 0.15) is 29.2 Å². The van der Waals surface area contributed by atoms with Crippen LogP contribution in [-0.2, 0) is 38.6 Å². The third kappa shape index (κ3) is 7.71. The molecule has 6 N–H and O–H groups in total. The van der Waals surface area contributed by atoms with E-state index < -0.39 is 41.9 Å². The number of H-pyrrole nitrogens is 1. The van der Waals surface area contributed by atoms with Crippen molar-refractivity contribution < 1.29 is 23.9 Å². The molecule has 1 heterocycles. The molecule has 1 aromatic heterocycles. The first kappa shape index (κ1) is 31.8. The van der Waals surface area contributed by atoms with Crippen LogP contribution in [0, 0.1) is 6.92 Å². The van der Waals surface area contributed by atoms with E-state index in [0.29, 0.717) is 0 Å². The second-order valence-electron chi connectivity index (χ2n) is 11.6. The lowest BCUT2D eigenvalue weighted by atomic mass is 9.90. The first-order chi connectivity index (χ1) is 22.1. The molecule has 0 saturated heterocycles. The molecule has 0 aliphatic rings. The molecule has 0 fully saturated rings. The lowest BCUT2D eigenvalue weighted by Crippen LogP contribution is -2.62. The van der Waals surface area contributed by atoms with Gasteiger partial charge in [0.25, 0.3) is 0 Å². The van der Waals surface area contributed by atoms with Gasteiger partial charge in [-0.25, -0.2) is 4.79 Å². The first-order valence-corrected chi connectivity index (χ1v) is 15.0. The van der Waals surface area contributed by atoms with Crippen molar-refractivity contribution in [1.82, 2.24) is 20.9 Å². The zero-order valence-corrected chi connectivity index (χ0v) is 25.8. The van der Waals surface area contributed by atoms with Gasteiger partial charge in [0.05, 0.1) is 6.54 Å². The minimum Gasteiger partial charge on any atom is -0.445 e. The molecule has 1 unspecified atom stereocenters. The highest BCUT2D eigenvalue weighted by molar-refractivity contribution is 5.96. The smallest absolute Gasteiger partial charge is 0.408 e. The Kier molecular flexibility index (Phi) is 9.66. The summed E-state index contributed by atoms with van der Waals surface area (Å²) in [6, 6.07) is 27.6. The van der Waals surface area contributed by atoms with Crippen molar-refractivity contribution >= 4 is 45.5 Å². The van der Waals surface area contributed by atoms with Crippen molar-refractivity contribution in [2.24, 2.45) is 5.73 Å². The van der Waals surface area contributed by atoms with Crippen LogP contribution in [0.4, 0.5) is 4.79 Å². The summed E-state index contributed by atoms with van der Waals surface area (Å²) in [6.07, 6.45) is 1.24. The number of fused-ring (bicyclic) bond motifs is 2. The highest BCUT2D eigenvalue weighted by Crippen LogP contribution is 2.22. The second-order valence-corrected chi connectivity index (χ2v) is 11.6. The van der Waals surface area contributed by atoms with E-state index in [1.807, 2.05) is 97.9 Å². The molecule has 4 aromatic carbocycles. The number of hydrogen-bond acceptors (Lipinski definition) is 5. The topological polar surface area (TPSA) is 155 Å². The van der Waals surface area contributed by atoms with Crippen LogP contribution < -0.4 is 21.7 Å². The van der Waals surface area contributed by atoms with Crippen LogP contribution in [0.25, 0.3) is 21.7 Å². The molecule has 10 heteroatoms. The largest absolute Gasteiger partial charge is 0.445 e. The normalized spacial score (nSPS) is 13.0. The molecule has 5 rings (SSSR count). The van der Waals surface area contributed by atoms with Crippen LogP contribution >= 0.6 is 0 Å². The molecule has 0 aliphatic carbocycles. The third-order valence-electron chi connectivity index (χ3n) is 7.95. The fraction of sp³-hybridized carbons (Fsp3) is 0.222. The summed E-state index contributed by atoms with van der Waals surface area (Å²) in [6.45, 7) is 3.12. The van der Waals surface area contributed by atoms with Crippen molar-refractivity contribution in [3.63, 3.8) is 0 Å². The van der Waals surface area contributed by atoms with E-state index in [-0.39, 0.29) is 19.4 Å². The van der Waals surface area contributed by atoms with E-state index in [4.69, 9.17) is 10.5 Å². The maximum absolute atomic E-state index is 14.0. The first-order valence-electron chi connectivity index (χ1n) is 15.0. The zero-order valence-electron chi connectivity index (χ0n) is 25.8. The van der Waals surface area contributed by atoms with Crippen molar-refractivity contribution in [2.45, 2.75) is 44.9 Å². The Labute approximate surface area is 266 Å². The molecule has 4 amide bonds. The number of primary amides is 1. The minimum atomic E-state index is -1.49.